The Hall–Kier alpha value is -2.91. The first kappa shape index (κ1) is 23.3. The number of benzene rings is 2. The van der Waals surface area contributed by atoms with Crippen LogP contribution in [0, 0.1) is 0 Å². The number of piperazine rings is 1. The lowest BCUT2D eigenvalue weighted by atomic mass is 10.0. The minimum absolute atomic E-state index is 0.0316. The van der Waals surface area contributed by atoms with Crippen molar-refractivity contribution in [3.8, 4) is 0 Å². The molecule has 0 spiro atoms. The standard InChI is InChI=1S/C24H29N3O5S/c1-17-16-25(21-8-6-19(7-9-21)24(29)32-3)13-14-27(17)33(30,31)22-10-11-23-20(15-22)5-4-12-26(23)18(2)28/h6-11,15,17H,4-5,12-14,16H2,1-3H3. The van der Waals surface area contributed by atoms with E-state index < -0.39 is 10.0 Å². The molecule has 2 aliphatic heterocycles. The van der Waals surface area contributed by atoms with E-state index in [4.69, 9.17) is 4.74 Å². The molecule has 0 aromatic heterocycles. The maximum absolute atomic E-state index is 13.5. The maximum atomic E-state index is 13.5. The Labute approximate surface area is 194 Å². The molecule has 1 saturated heterocycles. The van der Waals surface area contributed by atoms with Crippen LogP contribution in [-0.2, 0) is 26.0 Å². The van der Waals surface area contributed by atoms with Crippen molar-refractivity contribution in [3.05, 3.63) is 53.6 Å². The van der Waals surface area contributed by atoms with E-state index in [-0.39, 0.29) is 22.8 Å². The minimum atomic E-state index is -3.67. The van der Waals surface area contributed by atoms with Crippen LogP contribution in [0.4, 0.5) is 11.4 Å². The van der Waals surface area contributed by atoms with Crippen LogP contribution >= 0.6 is 0 Å². The second-order valence-corrected chi connectivity index (χ2v) is 10.4. The summed E-state index contributed by atoms with van der Waals surface area (Å²) in [6.45, 7) is 5.54. The van der Waals surface area contributed by atoms with Gasteiger partial charge in [-0.25, -0.2) is 13.2 Å². The number of ether oxygens (including phenoxy) is 1. The zero-order valence-electron chi connectivity index (χ0n) is 19.2. The first-order chi connectivity index (χ1) is 15.7. The van der Waals surface area contributed by atoms with E-state index in [0.29, 0.717) is 31.7 Å². The molecule has 2 heterocycles. The van der Waals surface area contributed by atoms with Crippen LogP contribution in [0.5, 0.6) is 0 Å². The summed E-state index contributed by atoms with van der Waals surface area (Å²) in [7, 11) is -2.32. The van der Waals surface area contributed by atoms with Gasteiger partial charge < -0.3 is 14.5 Å². The van der Waals surface area contributed by atoms with Gasteiger partial charge in [0.2, 0.25) is 15.9 Å². The van der Waals surface area contributed by atoms with Gasteiger partial charge in [-0.1, -0.05) is 0 Å². The van der Waals surface area contributed by atoms with Gasteiger partial charge in [-0.15, -0.1) is 0 Å². The largest absolute Gasteiger partial charge is 0.465 e. The van der Waals surface area contributed by atoms with Crippen LogP contribution < -0.4 is 9.80 Å². The fraction of sp³-hybridized carbons (Fsp3) is 0.417. The van der Waals surface area contributed by atoms with Gasteiger partial charge >= 0.3 is 5.97 Å². The molecule has 1 amide bonds. The maximum Gasteiger partial charge on any atom is 0.337 e. The van der Waals surface area contributed by atoms with E-state index in [1.807, 2.05) is 19.1 Å². The summed E-state index contributed by atoms with van der Waals surface area (Å²) in [6.07, 6.45) is 1.58. The molecule has 33 heavy (non-hydrogen) atoms. The molecule has 0 N–H and O–H groups in total. The van der Waals surface area contributed by atoms with E-state index in [1.54, 1.807) is 39.5 Å². The fourth-order valence-corrected chi connectivity index (χ4v) is 6.32. The van der Waals surface area contributed by atoms with Gasteiger partial charge in [0.1, 0.15) is 0 Å². The summed E-state index contributed by atoms with van der Waals surface area (Å²) in [5.74, 6) is -0.418. The summed E-state index contributed by atoms with van der Waals surface area (Å²) < 4.78 is 33.2. The quantitative estimate of drug-likeness (QED) is 0.638. The molecule has 0 aliphatic carbocycles. The SMILES string of the molecule is COC(=O)c1ccc(N2CCN(S(=O)(=O)c3ccc4c(c3)CCCN4C(C)=O)C(C)C2)cc1. The van der Waals surface area contributed by atoms with Crippen LogP contribution in [0.15, 0.2) is 47.4 Å². The second kappa shape index (κ2) is 9.15. The number of methoxy groups -OCH3 is 1. The van der Waals surface area contributed by atoms with E-state index in [0.717, 1.165) is 29.8 Å². The number of fused-ring (bicyclic) bond motifs is 1. The van der Waals surface area contributed by atoms with Crippen molar-refractivity contribution in [3.63, 3.8) is 0 Å². The van der Waals surface area contributed by atoms with Crippen molar-refractivity contribution in [2.45, 2.75) is 37.6 Å². The molecule has 0 radical (unpaired) electrons. The number of carbonyl (C=O) groups is 2. The highest BCUT2D eigenvalue weighted by molar-refractivity contribution is 7.89. The Balaban J connectivity index is 1.51. The predicted octanol–water partition coefficient (Wildman–Crippen LogP) is 2.67. The number of amides is 1. The Morgan fingerprint density at radius 3 is 2.39 bits per heavy atom. The Morgan fingerprint density at radius 2 is 1.76 bits per heavy atom. The summed E-state index contributed by atoms with van der Waals surface area (Å²) in [6, 6.07) is 12.0. The number of rotatable bonds is 4. The van der Waals surface area contributed by atoms with Crippen LogP contribution in [0.25, 0.3) is 0 Å². The highest BCUT2D eigenvalue weighted by Gasteiger charge is 2.34. The van der Waals surface area contributed by atoms with Crippen molar-refractivity contribution in [2.75, 3.05) is 43.1 Å². The number of sulfonamides is 1. The van der Waals surface area contributed by atoms with Crippen LogP contribution in [-0.4, -0.2) is 63.9 Å². The van der Waals surface area contributed by atoms with Gasteiger partial charge in [0.15, 0.2) is 0 Å². The number of nitrogens with zero attached hydrogens (tertiary/aromatic N) is 3. The molecular weight excluding hydrogens is 442 g/mol. The first-order valence-electron chi connectivity index (χ1n) is 11.1. The lowest BCUT2D eigenvalue weighted by Crippen LogP contribution is -2.54. The molecule has 2 aliphatic rings. The lowest BCUT2D eigenvalue weighted by Gasteiger charge is -2.40. The minimum Gasteiger partial charge on any atom is -0.465 e. The molecular formula is C24H29N3O5S. The Bertz CT molecular complexity index is 1160. The third-order valence-electron chi connectivity index (χ3n) is 6.38. The fourth-order valence-electron chi connectivity index (χ4n) is 4.66. The van der Waals surface area contributed by atoms with Crippen molar-refractivity contribution in [2.24, 2.45) is 0 Å². The van der Waals surface area contributed by atoms with Gasteiger partial charge in [-0.3, -0.25) is 4.79 Å². The number of carbonyl (C=O) groups excluding carboxylic acids is 2. The van der Waals surface area contributed by atoms with Crippen LogP contribution in [0.3, 0.4) is 0 Å². The number of esters is 1. The van der Waals surface area contributed by atoms with Crippen LogP contribution in [0.2, 0.25) is 0 Å². The number of aryl methyl sites for hydroxylation is 1. The van der Waals surface area contributed by atoms with Crippen LogP contribution in [0.1, 0.15) is 36.2 Å². The normalized spacial score (nSPS) is 19.2. The van der Waals surface area contributed by atoms with E-state index >= 15 is 0 Å². The molecule has 8 nitrogen and oxygen atoms in total. The van der Waals surface area contributed by atoms with Gasteiger partial charge in [0.05, 0.1) is 17.6 Å². The third-order valence-corrected chi connectivity index (χ3v) is 8.39. The van der Waals surface area contributed by atoms with Crippen molar-refractivity contribution in [1.29, 1.82) is 0 Å². The van der Waals surface area contributed by atoms with Crippen molar-refractivity contribution in [1.82, 2.24) is 4.31 Å². The first-order valence-corrected chi connectivity index (χ1v) is 12.5. The molecule has 2 aromatic rings. The third kappa shape index (κ3) is 4.47. The topological polar surface area (TPSA) is 87.2 Å². The molecule has 9 heteroatoms. The average molecular weight is 472 g/mol. The zero-order chi connectivity index (χ0) is 23.8. The molecule has 176 valence electrons. The number of hydrogen-bond donors (Lipinski definition) is 0. The van der Waals surface area contributed by atoms with E-state index in [9.17, 15) is 18.0 Å². The van der Waals surface area contributed by atoms with Gasteiger partial charge in [-0.2, -0.15) is 4.31 Å². The molecule has 2 aromatic carbocycles. The number of hydrogen-bond acceptors (Lipinski definition) is 6. The molecule has 1 atom stereocenters. The molecule has 1 fully saturated rings. The van der Waals surface area contributed by atoms with Gasteiger partial charge in [0.25, 0.3) is 0 Å². The second-order valence-electron chi connectivity index (χ2n) is 8.51. The molecule has 1 unspecified atom stereocenters. The smallest absolute Gasteiger partial charge is 0.337 e. The van der Waals surface area contributed by atoms with Crippen molar-refractivity contribution < 1.29 is 22.7 Å². The molecule has 4 rings (SSSR count). The van der Waals surface area contributed by atoms with E-state index in [2.05, 4.69) is 4.90 Å². The summed E-state index contributed by atoms with van der Waals surface area (Å²) in [5, 5.41) is 0. The highest BCUT2D eigenvalue weighted by Crippen LogP contribution is 2.32. The van der Waals surface area contributed by atoms with Gasteiger partial charge in [0, 0.05) is 50.5 Å². The Kier molecular flexibility index (Phi) is 6.45. The molecule has 0 saturated carbocycles. The Morgan fingerprint density at radius 1 is 1.03 bits per heavy atom. The highest BCUT2D eigenvalue weighted by atomic mass is 32.2. The van der Waals surface area contributed by atoms with Gasteiger partial charge in [-0.05, 0) is 67.8 Å². The summed E-state index contributed by atoms with van der Waals surface area (Å²) >= 11 is 0. The zero-order valence-corrected chi connectivity index (χ0v) is 20.0. The lowest BCUT2D eigenvalue weighted by molar-refractivity contribution is -0.116. The average Bonchev–Trinajstić information content (AvgIpc) is 2.82. The monoisotopic (exact) mass is 471 g/mol. The van der Waals surface area contributed by atoms with Crippen molar-refractivity contribution >= 4 is 33.3 Å². The summed E-state index contributed by atoms with van der Waals surface area (Å²) in [5.41, 5.74) is 3.12. The number of anilines is 2. The summed E-state index contributed by atoms with van der Waals surface area (Å²) in [4.78, 5) is 27.7. The molecule has 0 bridgehead atoms. The van der Waals surface area contributed by atoms with E-state index in [1.165, 1.54) is 14.0 Å². The predicted molar refractivity (Wildman–Crippen MR) is 126 cm³/mol.